The number of carbonyl (C=O) groups is 1. The standard InChI is InChI=1S/C21H25NO4/c1-16-6-2-3-8-18(16)14-26-20-9-5-4-7-17(20)13-22-10-11-25-15-19(22)12-21(23)24/h2-9,19H,10-15H2,1H3,(H,23,24). The molecule has 0 spiro atoms. The molecule has 1 N–H and O–H groups in total. The van der Waals surface area contributed by atoms with Crippen LogP contribution in [0.2, 0.25) is 0 Å². The molecule has 5 heteroatoms. The zero-order valence-corrected chi connectivity index (χ0v) is 15.1. The smallest absolute Gasteiger partial charge is 0.305 e. The van der Waals surface area contributed by atoms with Gasteiger partial charge in [-0.25, -0.2) is 0 Å². The number of carboxylic acids is 1. The van der Waals surface area contributed by atoms with Crippen LogP contribution in [-0.2, 0) is 22.7 Å². The van der Waals surface area contributed by atoms with Crippen molar-refractivity contribution in [2.24, 2.45) is 0 Å². The minimum Gasteiger partial charge on any atom is -0.489 e. The normalized spacial score (nSPS) is 17.8. The third kappa shape index (κ3) is 4.84. The topological polar surface area (TPSA) is 59.0 Å². The number of hydrogen-bond donors (Lipinski definition) is 1. The summed E-state index contributed by atoms with van der Waals surface area (Å²) in [5, 5.41) is 9.13. The highest BCUT2D eigenvalue weighted by Gasteiger charge is 2.26. The number of nitrogens with zero attached hydrogens (tertiary/aromatic N) is 1. The second-order valence-corrected chi connectivity index (χ2v) is 6.62. The lowest BCUT2D eigenvalue weighted by Gasteiger charge is -2.35. The second kappa shape index (κ2) is 8.83. The fourth-order valence-corrected chi connectivity index (χ4v) is 3.21. The molecule has 0 bridgehead atoms. The molecule has 1 unspecified atom stereocenters. The number of para-hydroxylation sites is 1. The van der Waals surface area contributed by atoms with E-state index in [9.17, 15) is 4.79 Å². The van der Waals surface area contributed by atoms with Gasteiger partial charge in [0.15, 0.2) is 0 Å². The number of morpholine rings is 1. The summed E-state index contributed by atoms with van der Waals surface area (Å²) in [6.45, 7) is 5.07. The lowest BCUT2D eigenvalue weighted by atomic mass is 10.1. The molecule has 26 heavy (non-hydrogen) atoms. The first-order valence-corrected chi connectivity index (χ1v) is 8.92. The zero-order valence-electron chi connectivity index (χ0n) is 15.1. The van der Waals surface area contributed by atoms with Gasteiger partial charge in [0.25, 0.3) is 0 Å². The summed E-state index contributed by atoms with van der Waals surface area (Å²) in [5.41, 5.74) is 3.44. The summed E-state index contributed by atoms with van der Waals surface area (Å²) < 4.78 is 11.6. The van der Waals surface area contributed by atoms with Crippen molar-refractivity contribution in [3.63, 3.8) is 0 Å². The average Bonchev–Trinajstić information content (AvgIpc) is 2.63. The fraction of sp³-hybridized carbons (Fsp3) is 0.381. The predicted molar refractivity (Wildman–Crippen MR) is 99.2 cm³/mol. The van der Waals surface area contributed by atoms with Crippen LogP contribution in [0.15, 0.2) is 48.5 Å². The first-order valence-electron chi connectivity index (χ1n) is 8.92. The summed E-state index contributed by atoms with van der Waals surface area (Å²) in [7, 11) is 0. The molecule has 0 radical (unpaired) electrons. The van der Waals surface area contributed by atoms with E-state index < -0.39 is 5.97 Å². The number of hydrogen-bond acceptors (Lipinski definition) is 4. The molecule has 1 aliphatic heterocycles. The van der Waals surface area contributed by atoms with Crippen molar-refractivity contribution in [1.29, 1.82) is 0 Å². The van der Waals surface area contributed by atoms with Crippen molar-refractivity contribution in [3.8, 4) is 5.75 Å². The van der Waals surface area contributed by atoms with Crippen molar-refractivity contribution in [1.82, 2.24) is 4.90 Å². The molecule has 2 aromatic rings. The number of ether oxygens (including phenoxy) is 2. The maximum absolute atomic E-state index is 11.1. The van der Waals surface area contributed by atoms with Gasteiger partial charge < -0.3 is 14.6 Å². The lowest BCUT2D eigenvalue weighted by Crippen LogP contribution is -2.45. The van der Waals surface area contributed by atoms with E-state index in [1.165, 1.54) is 5.56 Å². The molecule has 2 aromatic carbocycles. The molecule has 1 atom stereocenters. The summed E-state index contributed by atoms with van der Waals surface area (Å²) in [6.07, 6.45) is 0.0895. The van der Waals surface area contributed by atoms with Gasteiger partial charge in [0.05, 0.1) is 19.6 Å². The third-order valence-electron chi connectivity index (χ3n) is 4.75. The number of benzene rings is 2. The first-order chi connectivity index (χ1) is 12.6. The van der Waals surface area contributed by atoms with Crippen LogP contribution in [0, 0.1) is 6.92 Å². The second-order valence-electron chi connectivity index (χ2n) is 6.62. The van der Waals surface area contributed by atoms with E-state index in [1.54, 1.807) is 0 Å². The molecule has 3 rings (SSSR count). The van der Waals surface area contributed by atoms with E-state index in [0.717, 1.165) is 23.4 Å². The van der Waals surface area contributed by atoms with Crippen LogP contribution in [0.3, 0.4) is 0 Å². The molecular weight excluding hydrogens is 330 g/mol. The van der Waals surface area contributed by atoms with E-state index in [-0.39, 0.29) is 12.5 Å². The molecular formula is C21H25NO4. The SMILES string of the molecule is Cc1ccccc1COc1ccccc1CN1CCOCC1CC(=O)O. The maximum atomic E-state index is 11.1. The Balaban J connectivity index is 1.70. The molecule has 138 valence electrons. The molecule has 0 amide bonds. The van der Waals surface area contributed by atoms with Gasteiger partial charge >= 0.3 is 5.97 Å². The third-order valence-corrected chi connectivity index (χ3v) is 4.75. The van der Waals surface area contributed by atoms with Crippen molar-refractivity contribution in [2.75, 3.05) is 19.8 Å². The van der Waals surface area contributed by atoms with Crippen molar-refractivity contribution in [3.05, 3.63) is 65.2 Å². The lowest BCUT2D eigenvalue weighted by molar-refractivity contribution is -0.140. The fourth-order valence-electron chi connectivity index (χ4n) is 3.21. The van der Waals surface area contributed by atoms with Crippen molar-refractivity contribution in [2.45, 2.75) is 32.5 Å². The average molecular weight is 355 g/mol. The van der Waals surface area contributed by atoms with Gasteiger partial charge in [-0.15, -0.1) is 0 Å². The van der Waals surface area contributed by atoms with E-state index >= 15 is 0 Å². The van der Waals surface area contributed by atoms with E-state index in [0.29, 0.717) is 26.4 Å². The van der Waals surface area contributed by atoms with Gasteiger partial charge in [0.1, 0.15) is 12.4 Å². The number of rotatable bonds is 7. The Hall–Kier alpha value is -2.37. The monoisotopic (exact) mass is 355 g/mol. The minimum atomic E-state index is -0.797. The maximum Gasteiger partial charge on any atom is 0.305 e. The molecule has 1 fully saturated rings. The number of aliphatic carboxylic acids is 1. The molecule has 5 nitrogen and oxygen atoms in total. The van der Waals surface area contributed by atoms with Gasteiger partial charge in [0.2, 0.25) is 0 Å². The van der Waals surface area contributed by atoms with Crippen LogP contribution >= 0.6 is 0 Å². The van der Waals surface area contributed by atoms with Crippen LogP contribution in [0.1, 0.15) is 23.1 Å². The molecule has 1 aliphatic rings. The number of aryl methyl sites for hydroxylation is 1. The Labute approximate surface area is 154 Å². The van der Waals surface area contributed by atoms with Crippen LogP contribution < -0.4 is 4.74 Å². The first kappa shape index (κ1) is 18.4. The minimum absolute atomic E-state index is 0.0895. The Morgan fingerprint density at radius 3 is 2.69 bits per heavy atom. The quantitative estimate of drug-likeness (QED) is 0.826. The number of carboxylic acid groups (broad SMARTS) is 1. The van der Waals surface area contributed by atoms with E-state index in [1.807, 2.05) is 36.4 Å². The molecule has 1 saturated heterocycles. The van der Waals surface area contributed by atoms with Crippen LogP contribution in [0.25, 0.3) is 0 Å². The molecule has 1 heterocycles. The highest BCUT2D eigenvalue weighted by molar-refractivity contribution is 5.67. The summed E-state index contributed by atoms with van der Waals surface area (Å²) in [4.78, 5) is 13.3. The van der Waals surface area contributed by atoms with E-state index in [4.69, 9.17) is 14.6 Å². The molecule has 0 aliphatic carbocycles. The van der Waals surface area contributed by atoms with Crippen molar-refractivity contribution < 1.29 is 19.4 Å². The summed E-state index contributed by atoms with van der Waals surface area (Å²) in [5.74, 6) is 0.0471. The van der Waals surface area contributed by atoms with Gasteiger partial charge in [-0.3, -0.25) is 9.69 Å². The Kier molecular flexibility index (Phi) is 6.26. The van der Waals surface area contributed by atoms with Crippen LogP contribution in [0.5, 0.6) is 5.75 Å². The van der Waals surface area contributed by atoms with Gasteiger partial charge in [-0.05, 0) is 24.1 Å². The Morgan fingerprint density at radius 1 is 1.19 bits per heavy atom. The van der Waals surface area contributed by atoms with Gasteiger partial charge in [-0.2, -0.15) is 0 Å². The largest absolute Gasteiger partial charge is 0.489 e. The van der Waals surface area contributed by atoms with Gasteiger partial charge in [0, 0.05) is 24.7 Å². The zero-order chi connectivity index (χ0) is 18.4. The Bertz CT molecular complexity index is 746. The molecule has 0 aromatic heterocycles. The highest BCUT2D eigenvalue weighted by atomic mass is 16.5. The summed E-state index contributed by atoms with van der Waals surface area (Å²) >= 11 is 0. The summed E-state index contributed by atoms with van der Waals surface area (Å²) in [6, 6.07) is 16.0. The Morgan fingerprint density at radius 2 is 1.92 bits per heavy atom. The van der Waals surface area contributed by atoms with Crippen molar-refractivity contribution >= 4 is 5.97 Å². The van der Waals surface area contributed by atoms with E-state index in [2.05, 4.69) is 24.0 Å². The highest BCUT2D eigenvalue weighted by Crippen LogP contribution is 2.24. The van der Waals surface area contributed by atoms with Crippen LogP contribution in [-0.4, -0.2) is 41.8 Å². The van der Waals surface area contributed by atoms with Gasteiger partial charge in [-0.1, -0.05) is 42.5 Å². The predicted octanol–water partition coefficient (Wildman–Crippen LogP) is 3.25. The molecule has 0 saturated carbocycles. The van der Waals surface area contributed by atoms with Crippen LogP contribution in [0.4, 0.5) is 0 Å².